The van der Waals surface area contributed by atoms with Gasteiger partial charge in [0.05, 0.1) is 6.54 Å². The van der Waals surface area contributed by atoms with Gasteiger partial charge in [0.25, 0.3) is 5.91 Å². The summed E-state index contributed by atoms with van der Waals surface area (Å²) in [5, 5.41) is 3.78. The molecule has 0 saturated heterocycles. The van der Waals surface area contributed by atoms with E-state index in [0.717, 1.165) is 27.4 Å². The summed E-state index contributed by atoms with van der Waals surface area (Å²) in [5.41, 5.74) is 6.70. The molecule has 0 aliphatic carbocycles. The van der Waals surface area contributed by atoms with Crippen LogP contribution in [-0.2, 0) is 18.8 Å². The van der Waals surface area contributed by atoms with Crippen molar-refractivity contribution < 1.29 is 9.18 Å². The van der Waals surface area contributed by atoms with Crippen LogP contribution in [0.15, 0.2) is 96.3 Å². The van der Waals surface area contributed by atoms with E-state index in [9.17, 15) is 9.18 Å². The number of imidazole rings is 1. The van der Waals surface area contributed by atoms with Crippen LogP contribution in [0.25, 0.3) is 11.2 Å². The van der Waals surface area contributed by atoms with E-state index >= 15 is 0 Å². The number of nitrogens with one attached hydrogen (secondary N) is 1. The average Bonchev–Trinajstić information content (AvgIpc) is 3.24. The molecule has 180 valence electrons. The topological polar surface area (TPSA) is 59.8 Å². The molecule has 0 atom stereocenters. The zero-order valence-electron chi connectivity index (χ0n) is 19.8. The molecule has 2 heterocycles. The number of carbonyl (C=O) groups is 1. The minimum Gasteiger partial charge on any atom is -0.348 e. The molecule has 5 aromatic rings. The standard InChI is InChI=1S/C29H25FN4OS/c1-20-4-2-5-23(16-20)18-34-27-26(6-3-15-31-27)33-29(34)36-19-22-7-11-24(12-8-22)28(35)32-17-21-9-13-25(30)14-10-21/h2-16H,17-19H2,1H3,(H,32,35). The number of hydrogen-bond donors (Lipinski definition) is 1. The van der Waals surface area contributed by atoms with Gasteiger partial charge in [-0.25, -0.2) is 14.4 Å². The number of benzene rings is 3. The van der Waals surface area contributed by atoms with E-state index in [1.165, 1.54) is 23.3 Å². The molecule has 0 bridgehead atoms. The van der Waals surface area contributed by atoms with Crippen molar-refractivity contribution in [1.82, 2.24) is 19.9 Å². The maximum absolute atomic E-state index is 13.1. The Morgan fingerprint density at radius 3 is 2.50 bits per heavy atom. The predicted octanol–water partition coefficient (Wildman–Crippen LogP) is 6.15. The van der Waals surface area contributed by atoms with Crippen molar-refractivity contribution in [2.75, 3.05) is 0 Å². The molecule has 3 aromatic carbocycles. The van der Waals surface area contributed by atoms with Crippen LogP contribution in [0, 0.1) is 12.7 Å². The van der Waals surface area contributed by atoms with Crippen molar-refractivity contribution in [1.29, 1.82) is 0 Å². The summed E-state index contributed by atoms with van der Waals surface area (Å²) in [6, 6.07) is 26.0. The fourth-order valence-corrected chi connectivity index (χ4v) is 4.93. The number of halogens is 1. The van der Waals surface area contributed by atoms with Crippen molar-refractivity contribution >= 4 is 28.8 Å². The van der Waals surface area contributed by atoms with E-state index < -0.39 is 0 Å². The fourth-order valence-electron chi connectivity index (χ4n) is 3.97. The molecule has 7 heteroatoms. The molecule has 5 rings (SSSR count). The van der Waals surface area contributed by atoms with Crippen LogP contribution in [0.5, 0.6) is 0 Å². The number of fused-ring (bicyclic) bond motifs is 1. The highest BCUT2D eigenvalue weighted by Crippen LogP contribution is 2.27. The Hall–Kier alpha value is -3.97. The van der Waals surface area contributed by atoms with Crippen molar-refractivity contribution in [3.05, 3.63) is 125 Å². The van der Waals surface area contributed by atoms with Gasteiger partial charge in [0, 0.05) is 24.1 Å². The number of aromatic nitrogens is 3. The first-order valence-electron chi connectivity index (χ1n) is 11.7. The molecule has 0 fully saturated rings. The predicted molar refractivity (Wildman–Crippen MR) is 141 cm³/mol. The maximum atomic E-state index is 13.1. The highest BCUT2D eigenvalue weighted by molar-refractivity contribution is 7.98. The first-order valence-corrected chi connectivity index (χ1v) is 12.6. The van der Waals surface area contributed by atoms with Gasteiger partial charge < -0.3 is 5.32 Å². The van der Waals surface area contributed by atoms with E-state index in [1.807, 2.05) is 36.4 Å². The highest BCUT2D eigenvalue weighted by Gasteiger charge is 2.13. The van der Waals surface area contributed by atoms with Crippen molar-refractivity contribution in [3.8, 4) is 0 Å². The summed E-state index contributed by atoms with van der Waals surface area (Å²) in [6.45, 7) is 3.14. The molecule has 36 heavy (non-hydrogen) atoms. The Morgan fingerprint density at radius 1 is 0.944 bits per heavy atom. The second-order valence-corrected chi connectivity index (χ2v) is 9.55. The lowest BCUT2D eigenvalue weighted by atomic mass is 10.1. The number of nitrogens with zero attached hydrogens (tertiary/aromatic N) is 3. The van der Waals surface area contributed by atoms with Gasteiger partial charge in [0.1, 0.15) is 11.3 Å². The van der Waals surface area contributed by atoms with Crippen LogP contribution in [0.4, 0.5) is 4.39 Å². The summed E-state index contributed by atoms with van der Waals surface area (Å²) >= 11 is 1.65. The second-order valence-electron chi connectivity index (χ2n) is 8.61. The number of thioether (sulfide) groups is 1. The summed E-state index contributed by atoms with van der Waals surface area (Å²) in [4.78, 5) is 21.9. The van der Waals surface area contributed by atoms with Crippen LogP contribution >= 0.6 is 11.8 Å². The molecule has 0 radical (unpaired) electrons. The third-order valence-corrected chi connectivity index (χ3v) is 6.89. The van der Waals surface area contributed by atoms with E-state index in [1.54, 1.807) is 30.1 Å². The summed E-state index contributed by atoms with van der Waals surface area (Å²) < 4.78 is 15.2. The number of carbonyl (C=O) groups excluding carboxylic acids is 1. The van der Waals surface area contributed by atoms with E-state index in [-0.39, 0.29) is 11.7 Å². The molecular formula is C29H25FN4OS. The molecule has 0 aliphatic rings. The van der Waals surface area contributed by atoms with E-state index in [2.05, 4.69) is 46.1 Å². The minimum absolute atomic E-state index is 0.162. The largest absolute Gasteiger partial charge is 0.348 e. The van der Waals surface area contributed by atoms with Gasteiger partial charge in [-0.3, -0.25) is 9.36 Å². The lowest BCUT2D eigenvalue weighted by molar-refractivity contribution is 0.0951. The summed E-state index contributed by atoms with van der Waals surface area (Å²) in [6.07, 6.45) is 1.80. The quantitative estimate of drug-likeness (QED) is 0.262. The molecule has 0 aliphatic heterocycles. The number of amides is 1. The van der Waals surface area contributed by atoms with Gasteiger partial charge in [0.15, 0.2) is 10.8 Å². The Balaban J connectivity index is 1.26. The molecule has 0 saturated carbocycles. The van der Waals surface area contributed by atoms with Crippen LogP contribution in [-0.4, -0.2) is 20.4 Å². The number of aryl methyl sites for hydroxylation is 1. The molecule has 2 aromatic heterocycles. The average molecular weight is 497 g/mol. The third-order valence-electron chi connectivity index (χ3n) is 5.84. The molecular weight excluding hydrogens is 471 g/mol. The zero-order chi connectivity index (χ0) is 24.9. The molecule has 0 unspecified atom stereocenters. The smallest absolute Gasteiger partial charge is 0.251 e. The Bertz CT molecular complexity index is 1500. The molecule has 5 nitrogen and oxygen atoms in total. The first kappa shape index (κ1) is 23.8. The Kier molecular flexibility index (Phi) is 7.09. The van der Waals surface area contributed by atoms with Gasteiger partial charge in [-0.2, -0.15) is 0 Å². The van der Waals surface area contributed by atoms with Crippen LogP contribution < -0.4 is 5.32 Å². The van der Waals surface area contributed by atoms with Gasteiger partial charge in [-0.05, 0) is 60.0 Å². The molecule has 1 N–H and O–H groups in total. The maximum Gasteiger partial charge on any atom is 0.251 e. The normalized spacial score (nSPS) is 11.1. The van der Waals surface area contributed by atoms with Crippen LogP contribution in [0.2, 0.25) is 0 Å². The van der Waals surface area contributed by atoms with Gasteiger partial charge >= 0.3 is 0 Å². The monoisotopic (exact) mass is 496 g/mol. The van der Waals surface area contributed by atoms with Gasteiger partial charge in [-0.1, -0.05) is 65.9 Å². The van der Waals surface area contributed by atoms with Crippen molar-refractivity contribution in [3.63, 3.8) is 0 Å². The van der Waals surface area contributed by atoms with Crippen LogP contribution in [0.3, 0.4) is 0 Å². The fraction of sp³-hybridized carbons (Fsp3) is 0.138. The SMILES string of the molecule is Cc1cccc(Cn2c(SCc3ccc(C(=O)NCc4ccc(F)cc4)cc3)nc3cccnc32)c1. The Labute approximate surface area is 213 Å². The Morgan fingerprint density at radius 2 is 1.72 bits per heavy atom. The highest BCUT2D eigenvalue weighted by atomic mass is 32.2. The van der Waals surface area contributed by atoms with Gasteiger partial charge in [-0.15, -0.1) is 0 Å². The van der Waals surface area contributed by atoms with E-state index in [0.29, 0.717) is 24.4 Å². The number of hydrogen-bond acceptors (Lipinski definition) is 4. The van der Waals surface area contributed by atoms with Crippen LogP contribution in [0.1, 0.15) is 32.6 Å². The van der Waals surface area contributed by atoms with Crippen molar-refractivity contribution in [2.45, 2.75) is 30.9 Å². The lowest BCUT2D eigenvalue weighted by Gasteiger charge is -2.10. The lowest BCUT2D eigenvalue weighted by Crippen LogP contribution is -2.22. The van der Waals surface area contributed by atoms with Gasteiger partial charge in [0.2, 0.25) is 0 Å². The minimum atomic E-state index is -0.291. The number of rotatable bonds is 8. The van der Waals surface area contributed by atoms with E-state index in [4.69, 9.17) is 4.98 Å². The van der Waals surface area contributed by atoms with Crippen molar-refractivity contribution in [2.24, 2.45) is 0 Å². The second kappa shape index (κ2) is 10.7. The summed E-state index contributed by atoms with van der Waals surface area (Å²) in [7, 11) is 0. The number of pyridine rings is 1. The molecule has 1 amide bonds. The summed E-state index contributed by atoms with van der Waals surface area (Å²) in [5.74, 6) is 0.263. The third kappa shape index (κ3) is 5.63. The first-order chi connectivity index (χ1) is 17.5. The zero-order valence-corrected chi connectivity index (χ0v) is 20.6. The molecule has 0 spiro atoms.